The molecular weight excluding hydrogens is 302 g/mol. The highest BCUT2D eigenvalue weighted by molar-refractivity contribution is 5.09. The first-order valence-corrected chi connectivity index (χ1v) is 11.3. The maximum atomic E-state index is 4.07. The van der Waals surface area contributed by atoms with Crippen LogP contribution in [0.15, 0.2) is 24.5 Å². The molecule has 0 aliphatic rings. The second kappa shape index (κ2) is 18.0. The van der Waals surface area contributed by atoms with Crippen LogP contribution in [0.3, 0.4) is 0 Å². The van der Waals surface area contributed by atoms with Gasteiger partial charge in [-0.25, -0.2) is 0 Å². The fraction of sp³-hybridized carbons (Fsp3) is 0.792. The normalized spacial score (nSPS) is 11.1. The first kappa shape index (κ1) is 22.2. The molecule has 25 heavy (non-hydrogen) atoms. The summed E-state index contributed by atoms with van der Waals surface area (Å²) in [4.78, 5) is 4.07. The number of pyridine rings is 1. The van der Waals surface area contributed by atoms with Gasteiger partial charge >= 0.3 is 0 Å². The second-order valence-corrected chi connectivity index (χ2v) is 7.76. The molecule has 0 aliphatic carbocycles. The van der Waals surface area contributed by atoms with Gasteiger partial charge in [0.25, 0.3) is 0 Å². The standard InChI is InChI=1S/C24H43N/c1-2-3-4-5-6-7-8-9-10-11-12-13-14-15-16-17-18-19-24-20-22-25-23-21-24/h20-23H,2-19H2,1H3. The van der Waals surface area contributed by atoms with Gasteiger partial charge in [-0.15, -0.1) is 0 Å². The minimum absolute atomic E-state index is 1.22. The zero-order chi connectivity index (χ0) is 17.8. The number of hydrogen-bond donors (Lipinski definition) is 0. The Balaban J connectivity index is 1.69. The molecule has 0 aromatic carbocycles. The lowest BCUT2D eigenvalue weighted by atomic mass is 10.0. The SMILES string of the molecule is CCCCCCCCCCCCCCCCCCCc1ccncc1. The Morgan fingerprint density at radius 3 is 1.28 bits per heavy atom. The number of aromatic nitrogens is 1. The van der Waals surface area contributed by atoms with Gasteiger partial charge in [-0.1, -0.05) is 110 Å². The van der Waals surface area contributed by atoms with E-state index < -0.39 is 0 Å². The number of aryl methyl sites for hydroxylation is 1. The van der Waals surface area contributed by atoms with Crippen molar-refractivity contribution in [1.82, 2.24) is 4.98 Å². The van der Waals surface area contributed by atoms with E-state index in [0.717, 1.165) is 0 Å². The average Bonchev–Trinajstić information content (AvgIpc) is 2.65. The number of rotatable bonds is 18. The minimum atomic E-state index is 1.22. The molecule has 0 unspecified atom stereocenters. The van der Waals surface area contributed by atoms with Crippen molar-refractivity contribution in [2.24, 2.45) is 0 Å². The molecule has 0 saturated carbocycles. The molecule has 1 aromatic heterocycles. The van der Waals surface area contributed by atoms with E-state index in [1.54, 1.807) is 0 Å². The molecule has 0 saturated heterocycles. The molecule has 1 heteroatoms. The molecule has 0 atom stereocenters. The number of hydrogen-bond acceptors (Lipinski definition) is 1. The summed E-state index contributed by atoms with van der Waals surface area (Å²) in [6.07, 6.45) is 29.6. The van der Waals surface area contributed by atoms with Crippen molar-refractivity contribution < 1.29 is 0 Å². The van der Waals surface area contributed by atoms with Crippen molar-refractivity contribution in [3.05, 3.63) is 30.1 Å². The van der Waals surface area contributed by atoms with Gasteiger partial charge in [-0.2, -0.15) is 0 Å². The van der Waals surface area contributed by atoms with Crippen LogP contribution in [-0.4, -0.2) is 4.98 Å². The summed E-state index contributed by atoms with van der Waals surface area (Å²) in [5.41, 5.74) is 1.44. The van der Waals surface area contributed by atoms with Crippen molar-refractivity contribution in [2.45, 2.75) is 122 Å². The third-order valence-electron chi connectivity index (χ3n) is 5.32. The van der Waals surface area contributed by atoms with Crippen molar-refractivity contribution in [3.8, 4) is 0 Å². The van der Waals surface area contributed by atoms with E-state index >= 15 is 0 Å². The molecule has 0 bridgehead atoms. The summed E-state index contributed by atoms with van der Waals surface area (Å²) in [5, 5.41) is 0. The topological polar surface area (TPSA) is 12.9 Å². The summed E-state index contributed by atoms with van der Waals surface area (Å²) >= 11 is 0. The van der Waals surface area contributed by atoms with Gasteiger partial charge in [0.15, 0.2) is 0 Å². The maximum Gasteiger partial charge on any atom is 0.0270 e. The summed E-state index contributed by atoms with van der Waals surface area (Å²) in [7, 11) is 0. The molecule has 0 fully saturated rings. The van der Waals surface area contributed by atoms with Gasteiger partial charge in [-0.3, -0.25) is 4.98 Å². The molecule has 1 heterocycles. The van der Waals surface area contributed by atoms with E-state index in [9.17, 15) is 0 Å². The third-order valence-corrected chi connectivity index (χ3v) is 5.32. The third kappa shape index (κ3) is 15.1. The van der Waals surface area contributed by atoms with Crippen LogP contribution in [0.4, 0.5) is 0 Å². The fourth-order valence-corrected chi connectivity index (χ4v) is 3.60. The van der Waals surface area contributed by atoms with Crippen molar-refractivity contribution >= 4 is 0 Å². The maximum absolute atomic E-state index is 4.07. The van der Waals surface area contributed by atoms with Crippen LogP contribution < -0.4 is 0 Å². The predicted molar refractivity (Wildman–Crippen MR) is 112 cm³/mol. The molecule has 1 rings (SSSR count). The second-order valence-electron chi connectivity index (χ2n) is 7.76. The lowest BCUT2D eigenvalue weighted by Gasteiger charge is -2.04. The van der Waals surface area contributed by atoms with E-state index in [2.05, 4.69) is 24.0 Å². The van der Waals surface area contributed by atoms with Gasteiger partial charge < -0.3 is 0 Å². The van der Waals surface area contributed by atoms with Crippen LogP contribution in [0, 0.1) is 0 Å². The van der Waals surface area contributed by atoms with Crippen LogP contribution in [0.2, 0.25) is 0 Å². The first-order chi connectivity index (χ1) is 12.4. The smallest absolute Gasteiger partial charge is 0.0270 e. The summed E-state index contributed by atoms with van der Waals surface area (Å²) in [6, 6.07) is 4.29. The molecule has 0 aliphatic heterocycles. The predicted octanol–water partition coefficient (Wildman–Crippen LogP) is 8.28. The zero-order valence-electron chi connectivity index (χ0n) is 17.0. The Kier molecular flexibility index (Phi) is 15.9. The molecule has 1 aromatic rings. The van der Waals surface area contributed by atoms with Gasteiger partial charge in [0.1, 0.15) is 0 Å². The Morgan fingerprint density at radius 2 is 0.880 bits per heavy atom. The summed E-state index contributed by atoms with van der Waals surface area (Å²) in [5.74, 6) is 0. The lowest BCUT2D eigenvalue weighted by Crippen LogP contribution is -1.87. The van der Waals surface area contributed by atoms with Gasteiger partial charge in [0.05, 0.1) is 0 Å². The highest BCUT2D eigenvalue weighted by Gasteiger charge is 1.95. The van der Waals surface area contributed by atoms with E-state index in [1.165, 1.54) is 121 Å². The number of unbranched alkanes of at least 4 members (excludes halogenated alkanes) is 16. The summed E-state index contributed by atoms with van der Waals surface area (Å²) in [6.45, 7) is 2.30. The van der Waals surface area contributed by atoms with E-state index in [1.807, 2.05) is 12.4 Å². The van der Waals surface area contributed by atoms with E-state index in [4.69, 9.17) is 0 Å². The first-order valence-electron chi connectivity index (χ1n) is 11.3. The van der Waals surface area contributed by atoms with Gasteiger partial charge in [0.2, 0.25) is 0 Å². The summed E-state index contributed by atoms with van der Waals surface area (Å²) < 4.78 is 0. The van der Waals surface area contributed by atoms with Crippen LogP contribution in [0.5, 0.6) is 0 Å². The highest BCUT2D eigenvalue weighted by atomic mass is 14.6. The Hall–Kier alpha value is -0.850. The van der Waals surface area contributed by atoms with Crippen molar-refractivity contribution in [1.29, 1.82) is 0 Å². The molecule has 1 nitrogen and oxygen atoms in total. The van der Waals surface area contributed by atoms with Crippen LogP contribution >= 0.6 is 0 Å². The zero-order valence-corrected chi connectivity index (χ0v) is 17.0. The Morgan fingerprint density at radius 1 is 0.520 bits per heavy atom. The van der Waals surface area contributed by atoms with E-state index in [-0.39, 0.29) is 0 Å². The van der Waals surface area contributed by atoms with Crippen molar-refractivity contribution in [3.63, 3.8) is 0 Å². The lowest BCUT2D eigenvalue weighted by molar-refractivity contribution is 0.527. The molecule has 0 spiro atoms. The highest BCUT2D eigenvalue weighted by Crippen LogP contribution is 2.14. The van der Waals surface area contributed by atoms with Crippen LogP contribution in [0.25, 0.3) is 0 Å². The molecule has 0 amide bonds. The van der Waals surface area contributed by atoms with E-state index in [0.29, 0.717) is 0 Å². The number of nitrogens with zero attached hydrogens (tertiary/aromatic N) is 1. The van der Waals surface area contributed by atoms with Gasteiger partial charge in [0, 0.05) is 12.4 Å². The molecular formula is C24H43N. The Labute approximate surface area is 158 Å². The average molecular weight is 346 g/mol. The van der Waals surface area contributed by atoms with Gasteiger partial charge in [-0.05, 0) is 30.5 Å². The van der Waals surface area contributed by atoms with Crippen LogP contribution in [0.1, 0.15) is 122 Å². The van der Waals surface area contributed by atoms with Crippen molar-refractivity contribution in [2.75, 3.05) is 0 Å². The molecule has 0 N–H and O–H groups in total. The molecule has 0 radical (unpaired) electrons. The molecule has 144 valence electrons. The fourth-order valence-electron chi connectivity index (χ4n) is 3.60. The Bertz CT molecular complexity index is 360. The minimum Gasteiger partial charge on any atom is -0.265 e. The van der Waals surface area contributed by atoms with Crippen LogP contribution in [-0.2, 0) is 6.42 Å². The monoisotopic (exact) mass is 345 g/mol. The largest absolute Gasteiger partial charge is 0.265 e. The quantitative estimate of drug-likeness (QED) is 0.244.